The first-order valence-corrected chi connectivity index (χ1v) is 10.4. The number of amides is 1. The van der Waals surface area contributed by atoms with Crippen LogP contribution in [0.1, 0.15) is 51.4 Å². The lowest BCUT2D eigenvalue weighted by atomic mass is 10.00. The van der Waals surface area contributed by atoms with Gasteiger partial charge < -0.3 is 5.32 Å². The molecule has 1 aromatic rings. The number of aromatic nitrogens is 1. The van der Waals surface area contributed by atoms with Crippen molar-refractivity contribution < 1.29 is 4.79 Å². The molecule has 1 aliphatic carbocycles. The number of thioether (sulfide) groups is 1. The van der Waals surface area contributed by atoms with Crippen LogP contribution in [0.2, 0.25) is 0 Å². The van der Waals surface area contributed by atoms with Crippen LogP contribution in [-0.2, 0) is 4.79 Å². The number of carbonyl (C=O) groups excluding carboxylic acids is 1. The first kappa shape index (κ1) is 17.7. The first-order chi connectivity index (χ1) is 11.8. The molecule has 1 saturated carbocycles. The van der Waals surface area contributed by atoms with Crippen LogP contribution < -0.4 is 5.32 Å². The second-order valence-electron chi connectivity index (χ2n) is 7.02. The summed E-state index contributed by atoms with van der Waals surface area (Å²) in [4.78, 5) is 20.0. The summed E-state index contributed by atoms with van der Waals surface area (Å²) in [6.07, 6.45) is 14.1. The number of nitrogens with zero attached hydrogens (tertiary/aromatic N) is 2. The Kier molecular flexibility index (Phi) is 6.97. The van der Waals surface area contributed by atoms with Gasteiger partial charge in [-0.25, -0.2) is 0 Å². The third-order valence-electron chi connectivity index (χ3n) is 5.18. The molecular weight excluding hydrogens is 318 g/mol. The molecule has 1 N–H and O–H groups in total. The Morgan fingerprint density at radius 1 is 1.12 bits per heavy atom. The van der Waals surface area contributed by atoms with Crippen LogP contribution in [-0.4, -0.2) is 46.7 Å². The van der Waals surface area contributed by atoms with E-state index >= 15 is 0 Å². The predicted octanol–water partition coefficient (Wildman–Crippen LogP) is 3.48. The molecule has 3 rings (SSSR count). The van der Waals surface area contributed by atoms with Gasteiger partial charge in [-0.2, -0.15) is 0 Å². The van der Waals surface area contributed by atoms with E-state index < -0.39 is 0 Å². The van der Waals surface area contributed by atoms with E-state index in [1.54, 1.807) is 24.2 Å². The second kappa shape index (κ2) is 9.42. The van der Waals surface area contributed by atoms with Crippen LogP contribution >= 0.6 is 11.8 Å². The molecule has 4 nitrogen and oxygen atoms in total. The van der Waals surface area contributed by atoms with Crippen LogP contribution in [0.15, 0.2) is 29.4 Å². The fourth-order valence-electron chi connectivity index (χ4n) is 3.93. The van der Waals surface area contributed by atoms with Crippen molar-refractivity contribution in [3.8, 4) is 0 Å². The highest BCUT2D eigenvalue weighted by Crippen LogP contribution is 2.25. The van der Waals surface area contributed by atoms with Gasteiger partial charge in [0, 0.05) is 35.9 Å². The fourth-order valence-corrected chi connectivity index (χ4v) is 4.63. The van der Waals surface area contributed by atoms with E-state index in [9.17, 15) is 4.79 Å². The highest BCUT2D eigenvalue weighted by Gasteiger charge is 2.27. The quantitative estimate of drug-likeness (QED) is 0.654. The zero-order valence-corrected chi connectivity index (χ0v) is 15.3. The largest absolute Gasteiger partial charge is 0.351 e. The standard InChI is InChI=1S/C19H29N3OS/c23-19(15-24-18-9-11-20-12-10-18)21-16-6-5-13-22(14-16)17-7-3-1-2-4-8-17/h9-12,16-17H,1-8,13-15H2,(H,21,23). The van der Waals surface area contributed by atoms with Gasteiger partial charge in [-0.1, -0.05) is 25.7 Å². The van der Waals surface area contributed by atoms with Crippen LogP contribution in [0, 0.1) is 0 Å². The SMILES string of the molecule is O=C(CSc1ccncc1)NC1CCCN(C2CCCCCC2)C1. The van der Waals surface area contributed by atoms with Gasteiger partial charge in [0.05, 0.1) is 5.75 Å². The number of pyridine rings is 1. The van der Waals surface area contributed by atoms with Gasteiger partial charge in [-0.3, -0.25) is 14.7 Å². The average Bonchev–Trinajstić information content (AvgIpc) is 2.91. The number of hydrogen-bond donors (Lipinski definition) is 1. The second-order valence-corrected chi connectivity index (χ2v) is 8.07. The molecule has 2 aliphatic rings. The summed E-state index contributed by atoms with van der Waals surface area (Å²) in [7, 11) is 0. The van der Waals surface area contributed by atoms with E-state index in [1.165, 1.54) is 51.5 Å². The highest BCUT2D eigenvalue weighted by molar-refractivity contribution is 8.00. The minimum Gasteiger partial charge on any atom is -0.351 e. The molecular formula is C19H29N3OS. The minimum absolute atomic E-state index is 0.157. The normalized spacial score (nSPS) is 23.6. The van der Waals surface area contributed by atoms with Crippen molar-refractivity contribution in [1.82, 2.24) is 15.2 Å². The van der Waals surface area contributed by atoms with Crippen LogP contribution in [0.25, 0.3) is 0 Å². The smallest absolute Gasteiger partial charge is 0.230 e. The van der Waals surface area contributed by atoms with Gasteiger partial charge in [-0.15, -0.1) is 11.8 Å². The Morgan fingerprint density at radius 2 is 1.88 bits per heavy atom. The Balaban J connectivity index is 1.43. The summed E-state index contributed by atoms with van der Waals surface area (Å²) in [5.74, 6) is 0.647. The van der Waals surface area contributed by atoms with Gasteiger partial charge in [0.1, 0.15) is 0 Å². The van der Waals surface area contributed by atoms with Crippen molar-refractivity contribution in [1.29, 1.82) is 0 Å². The molecule has 1 aromatic heterocycles. The maximum atomic E-state index is 12.3. The molecule has 0 aromatic carbocycles. The fraction of sp³-hybridized carbons (Fsp3) is 0.684. The Bertz CT molecular complexity index is 503. The zero-order valence-electron chi connectivity index (χ0n) is 14.5. The number of likely N-dealkylation sites (tertiary alicyclic amines) is 1. The number of rotatable bonds is 5. The molecule has 0 bridgehead atoms. The Morgan fingerprint density at radius 3 is 2.62 bits per heavy atom. The number of piperidine rings is 1. The van der Waals surface area contributed by atoms with E-state index in [0.29, 0.717) is 11.8 Å². The maximum Gasteiger partial charge on any atom is 0.230 e. The van der Waals surface area contributed by atoms with Crippen molar-refractivity contribution in [2.24, 2.45) is 0 Å². The molecule has 1 amide bonds. The van der Waals surface area contributed by atoms with Crippen molar-refractivity contribution in [3.05, 3.63) is 24.5 Å². The lowest BCUT2D eigenvalue weighted by Gasteiger charge is -2.38. The van der Waals surface area contributed by atoms with Crippen LogP contribution in [0.3, 0.4) is 0 Å². The lowest BCUT2D eigenvalue weighted by Crippen LogP contribution is -2.51. The zero-order chi connectivity index (χ0) is 16.6. The first-order valence-electron chi connectivity index (χ1n) is 9.37. The third kappa shape index (κ3) is 5.49. The summed E-state index contributed by atoms with van der Waals surface area (Å²) in [6, 6.07) is 4.98. The van der Waals surface area contributed by atoms with Crippen LogP contribution in [0.5, 0.6) is 0 Å². The summed E-state index contributed by atoms with van der Waals surface area (Å²) < 4.78 is 0. The number of hydrogen-bond acceptors (Lipinski definition) is 4. The molecule has 0 radical (unpaired) electrons. The lowest BCUT2D eigenvalue weighted by molar-refractivity contribution is -0.119. The molecule has 2 fully saturated rings. The average molecular weight is 348 g/mol. The molecule has 1 unspecified atom stereocenters. The molecule has 132 valence electrons. The van der Waals surface area contributed by atoms with Gasteiger partial charge in [0.2, 0.25) is 5.91 Å². The summed E-state index contributed by atoms with van der Waals surface area (Å²) in [5, 5.41) is 3.26. The maximum absolute atomic E-state index is 12.3. The molecule has 5 heteroatoms. The van der Waals surface area contributed by atoms with E-state index in [-0.39, 0.29) is 5.91 Å². The summed E-state index contributed by atoms with van der Waals surface area (Å²) in [5.41, 5.74) is 0. The van der Waals surface area contributed by atoms with Gasteiger partial charge in [0.15, 0.2) is 0 Å². The van der Waals surface area contributed by atoms with Crippen molar-refractivity contribution >= 4 is 17.7 Å². The number of carbonyl (C=O) groups is 1. The molecule has 1 aliphatic heterocycles. The Hall–Kier alpha value is -1.07. The predicted molar refractivity (Wildman–Crippen MR) is 99.2 cm³/mol. The van der Waals surface area contributed by atoms with E-state index in [0.717, 1.165) is 23.9 Å². The Labute approximate surface area is 149 Å². The third-order valence-corrected chi connectivity index (χ3v) is 6.19. The molecule has 1 atom stereocenters. The van der Waals surface area contributed by atoms with E-state index in [4.69, 9.17) is 0 Å². The molecule has 24 heavy (non-hydrogen) atoms. The van der Waals surface area contributed by atoms with Gasteiger partial charge in [0.25, 0.3) is 0 Å². The van der Waals surface area contributed by atoms with E-state index in [2.05, 4.69) is 15.2 Å². The topological polar surface area (TPSA) is 45.2 Å². The van der Waals surface area contributed by atoms with Crippen molar-refractivity contribution in [3.63, 3.8) is 0 Å². The monoisotopic (exact) mass is 347 g/mol. The molecule has 2 heterocycles. The highest BCUT2D eigenvalue weighted by atomic mass is 32.2. The van der Waals surface area contributed by atoms with Crippen molar-refractivity contribution in [2.45, 2.75) is 68.3 Å². The van der Waals surface area contributed by atoms with E-state index in [1.807, 2.05) is 12.1 Å². The van der Waals surface area contributed by atoms with Gasteiger partial charge >= 0.3 is 0 Å². The van der Waals surface area contributed by atoms with Gasteiger partial charge in [-0.05, 0) is 44.4 Å². The molecule has 1 saturated heterocycles. The molecule has 0 spiro atoms. The number of nitrogens with one attached hydrogen (secondary N) is 1. The minimum atomic E-state index is 0.157. The summed E-state index contributed by atoms with van der Waals surface area (Å²) >= 11 is 1.58. The summed E-state index contributed by atoms with van der Waals surface area (Å²) in [6.45, 7) is 2.25. The van der Waals surface area contributed by atoms with Crippen molar-refractivity contribution in [2.75, 3.05) is 18.8 Å². The van der Waals surface area contributed by atoms with Crippen LogP contribution in [0.4, 0.5) is 0 Å².